The van der Waals surface area contributed by atoms with Gasteiger partial charge < -0.3 is 9.64 Å². The van der Waals surface area contributed by atoms with Gasteiger partial charge in [0.05, 0.1) is 12.6 Å². The number of likely N-dealkylation sites (N-methyl/N-ethyl adjacent to an activating group) is 1. The van der Waals surface area contributed by atoms with E-state index in [-0.39, 0.29) is 5.41 Å². The average molecular weight is 382 g/mol. The second kappa shape index (κ2) is 7.73. The molecule has 1 saturated carbocycles. The molecular formula is C24H33N2O2+. The fraction of sp³-hybridized carbons (Fsp3) is 0.583. The van der Waals surface area contributed by atoms with Gasteiger partial charge in [0.25, 0.3) is 0 Å². The van der Waals surface area contributed by atoms with E-state index < -0.39 is 0 Å². The lowest BCUT2D eigenvalue weighted by Gasteiger charge is -2.26. The second-order valence-corrected chi connectivity index (χ2v) is 8.92. The molecule has 0 N–H and O–H groups in total. The van der Waals surface area contributed by atoms with Crippen LogP contribution in [0, 0.1) is 5.92 Å². The van der Waals surface area contributed by atoms with Crippen LogP contribution >= 0.6 is 0 Å². The maximum atomic E-state index is 13.0. The van der Waals surface area contributed by atoms with Crippen LogP contribution in [0.2, 0.25) is 0 Å². The van der Waals surface area contributed by atoms with Gasteiger partial charge in [-0.2, -0.15) is 4.58 Å². The zero-order valence-electron chi connectivity index (χ0n) is 17.5. The molecule has 1 aliphatic carbocycles. The van der Waals surface area contributed by atoms with Crippen LogP contribution in [0.5, 0.6) is 0 Å². The minimum atomic E-state index is -0.150. The number of hydrogen-bond acceptors (Lipinski definition) is 3. The first-order chi connectivity index (χ1) is 13.5. The quantitative estimate of drug-likeness (QED) is 0.690. The van der Waals surface area contributed by atoms with Crippen LogP contribution in [0.1, 0.15) is 58.4 Å². The Hall–Kier alpha value is -2.10. The molecule has 0 saturated heterocycles. The van der Waals surface area contributed by atoms with Crippen LogP contribution in [0.15, 0.2) is 36.0 Å². The SMILES string of the molecule is CC[N+]1=C(/C=C2/N(CC(=O)CC3CCCC3)c3ccccc3C2(C)C)OCC1. The summed E-state index contributed by atoms with van der Waals surface area (Å²) in [4.78, 5) is 15.2. The number of nitrogens with zero attached hydrogens (tertiary/aromatic N) is 2. The number of ether oxygens (including phenoxy) is 1. The standard InChI is InChI=1S/C24H33N2O2/c1-4-25-13-14-28-23(25)16-22-24(2,3)20-11-7-8-12-21(20)26(22)17-19(27)15-18-9-5-6-10-18/h7-8,11-12,16,18H,4-6,9-10,13-15,17H2,1-3H3/q+1. The number of benzene rings is 1. The number of anilines is 1. The van der Waals surface area contributed by atoms with E-state index in [2.05, 4.69) is 60.6 Å². The highest BCUT2D eigenvalue weighted by atomic mass is 16.5. The third kappa shape index (κ3) is 3.49. The predicted molar refractivity (Wildman–Crippen MR) is 113 cm³/mol. The highest BCUT2D eigenvalue weighted by Crippen LogP contribution is 2.47. The maximum absolute atomic E-state index is 13.0. The lowest BCUT2D eigenvalue weighted by atomic mass is 9.83. The lowest BCUT2D eigenvalue weighted by Crippen LogP contribution is -2.32. The number of fused-ring (bicyclic) bond motifs is 1. The molecule has 0 bridgehead atoms. The van der Waals surface area contributed by atoms with Crippen molar-refractivity contribution in [3.05, 3.63) is 41.6 Å². The summed E-state index contributed by atoms with van der Waals surface area (Å²) in [5.74, 6) is 1.88. The lowest BCUT2D eigenvalue weighted by molar-refractivity contribution is -0.513. The van der Waals surface area contributed by atoms with Crippen LogP contribution in [-0.2, 0) is 14.9 Å². The van der Waals surface area contributed by atoms with Crippen molar-refractivity contribution in [1.82, 2.24) is 0 Å². The number of para-hydroxylation sites is 1. The Kier molecular flexibility index (Phi) is 5.31. The maximum Gasteiger partial charge on any atom is 0.364 e. The van der Waals surface area contributed by atoms with Gasteiger partial charge in [-0.05, 0) is 24.5 Å². The van der Waals surface area contributed by atoms with Crippen molar-refractivity contribution < 1.29 is 14.1 Å². The molecule has 0 atom stereocenters. The Labute approximate surface area is 168 Å². The molecule has 4 nitrogen and oxygen atoms in total. The molecule has 28 heavy (non-hydrogen) atoms. The van der Waals surface area contributed by atoms with Gasteiger partial charge in [-0.25, -0.2) is 0 Å². The summed E-state index contributed by atoms with van der Waals surface area (Å²) in [5.41, 5.74) is 3.48. The summed E-state index contributed by atoms with van der Waals surface area (Å²) in [6, 6.07) is 8.52. The van der Waals surface area contributed by atoms with Crippen molar-refractivity contribution in [2.75, 3.05) is 31.1 Å². The molecule has 1 aromatic carbocycles. The Balaban J connectivity index is 1.67. The number of ketones is 1. The average Bonchev–Trinajstić information content (AvgIpc) is 3.39. The molecule has 0 aromatic heterocycles. The molecule has 0 unspecified atom stereocenters. The summed E-state index contributed by atoms with van der Waals surface area (Å²) in [6.45, 7) is 9.74. The van der Waals surface area contributed by atoms with Crippen molar-refractivity contribution in [2.24, 2.45) is 5.92 Å². The molecule has 1 fully saturated rings. The summed E-state index contributed by atoms with van der Waals surface area (Å²) in [5, 5.41) is 0. The first kappa shape index (κ1) is 19.2. The largest absolute Gasteiger partial charge is 0.438 e. The third-order valence-electron chi connectivity index (χ3n) is 6.69. The topological polar surface area (TPSA) is 32.5 Å². The molecule has 2 aliphatic heterocycles. The van der Waals surface area contributed by atoms with Crippen LogP contribution in [-0.4, -0.2) is 42.5 Å². The molecule has 3 aliphatic rings. The van der Waals surface area contributed by atoms with Crippen LogP contribution in [0.25, 0.3) is 0 Å². The smallest absolute Gasteiger partial charge is 0.364 e. The van der Waals surface area contributed by atoms with Crippen molar-refractivity contribution in [2.45, 2.75) is 58.3 Å². The Bertz CT molecular complexity index is 816. The first-order valence-electron chi connectivity index (χ1n) is 10.9. The van der Waals surface area contributed by atoms with Crippen molar-refractivity contribution in [3.63, 3.8) is 0 Å². The van der Waals surface area contributed by atoms with Crippen LogP contribution < -0.4 is 4.90 Å². The summed E-state index contributed by atoms with van der Waals surface area (Å²) in [7, 11) is 0. The van der Waals surface area contributed by atoms with E-state index >= 15 is 0 Å². The van der Waals surface area contributed by atoms with E-state index in [9.17, 15) is 4.79 Å². The molecular weight excluding hydrogens is 348 g/mol. The Morgan fingerprint density at radius 1 is 1.29 bits per heavy atom. The Morgan fingerprint density at radius 2 is 2.04 bits per heavy atom. The van der Waals surface area contributed by atoms with Crippen molar-refractivity contribution in [1.29, 1.82) is 0 Å². The Morgan fingerprint density at radius 3 is 2.79 bits per heavy atom. The minimum absolute atomic E-state index is 0.150. The number of Topliss-reactive ketones (excluding diaryl/α,β-unsaturated/α-hetero) is 1. The fourth-order valence-electron chi connectivity index (χ4n) is 5.07. The van der Waals surface area contributed by atoms with Gasteiger partial charge >= 0.3 is 5.90 Å². The van der Waals surface area contributed by atoms with E-state index in [1.165, 1.54) is 42.6 Å². The summed E-state index contributed by atoms with van der Waals surface area (Å²) >= 11 is 0. The minimum Gasteiger partial charge on any atom is -0.438 e. The van der Waals surface area contributed by atoms with Gasteiger partial charge in [0, 0.05) is 23.2 Å². The summed E-state index contributed by atoms with van der Waals surface area (Å²) < 4.78 is 8.19. The van der Waals surface area contributed by atoms with E-state index in [1.54, 1.807) is 0 Å². The van der Waals surface area contributed by atoms with E-state index in [1.807, 2.05) is 0 Å². The van der Waals surface area contributed by atoms with E-state index in [0.29, 0.717) is 18.2 Å². The molecule has 4 heteroatoms. The van der Waals surface area contributed by atoms with Crippen LogP contribution in [0.3, 0.4) is 0 Å². The molecule has 2 heterocycles. The van der Waals surface area contributed by atoms with Gasteiger partial charge in [-0.3, -0.25) is 4.79 Å². The van der Waals surface area contributed by atoms with Gasteiger partial charge in [-0.15, -0.1) is 0 Å². The zero-order valence-corrected chi connectivity index (χ0v) is 17.5. The van der Waals surface area contributed by atoms with Gasteiger partial charge in [0.1, 0.15) is 6.54 Å². The monoisotopic (exact) mass is 381 g/mol. The van der Waals surface area contributed by atoms with Crippen LogP contribution in [0.4, 0.5) is 5.69 Å². The summed E-state index contributed by atoms with van der Waals surface area (Å²) in [6.07, 6.45) is 7.90. The van der Waals surface area contributed by atoms with E-state index in [0.717, 1.165) is 32.0 Å². The highest BCUT2D eigenvalue weighted by Gasteiger charge is 2.42. The molecule has 0 spiro atoms. The zero-order chi connectivity index (χ0) is 19.7. The second-order valence-electron chi connectivity index (χ2n) is 8.92. The first-order valence-corrected chi connectivity index (χ1v) is 10.9. The number of carbonyl (C=O) groups excluding carboxylic acids is 1. The van der Waals surface area contributed by atoms with Crippen molar-refractivity contribution in [3.8, 4) is 0 Å². The normalized spacial score (nSPS) is 22.8. The molecule has 4 rings (SSSR count). The molecule has 0 amide bonds. The van der Waals surface area contributed by atoms with E-state index in [4.69, 9.17) is 4.74 Å². The van der Waals surface area contributed by atoms with Gasteiger partial charge in [0.15, 0.2) is 18.9 Å². The number of carbonyl (C=O) groups is 1. The fourth-order valence-corrected chi connectivity index (χ4v) is 5.07. The number of hydrogen-bond donors (Lipinski definition) is 0. The molecule has 0 radical (unpaired) electrons. The number of rotatable bonds is 6. The predicted octanol–water partition coefficient (Wildman–Crippen LogP) is 4.28. The van der Waals surface area contributed by atoms with Gasteiger partial charge in [0.2, 0.25) is 0 Å². The van der Waals surface area contributed by atoms with Crippen molar-refractivity contribution >= 4 is 17.4 Å². The third-order valence-corrected chi connectivity index (χ3v) is 6.69. The molecule has 1 aromatic rings. The number of allylic oxidation sites excluding steroid dienone is 1. The van der Waals surface area contributed by atoms with Gasteiger partial charge in [-0.1, -0.05) is 57.7 Å². The highest BCUT2D eigenvalue weighted by molar-refractivity contribution is 5.91. The molecule has 150 valence electrons.